The average Bonchev–Trinajstić information content (AvgIpc) is 2.70. The van der Waals surface area contributed by atoms with Gasteiger partial charge in [0.05, 0.1) is 5.41 Å². The number of halogens is 3. The smallest absolute Gasteiger partial charge is 0.229 e. The van der Waals surface area contributed by atoms with Crippen LogP contribution in [0.4, 0.5) is 14.6 Å². The molecule has 150 valence electrons. The van der Waals surface area contributed by atoms with E-state index in [1.165, 1.54) is 12.4 Å². The molecular formula is C19H21ClF2N4O2. The summed E-state index contributed by atoms with van der Waals surface area (Å²) in [7, 11) is 0. The molecule has 9 heteroatoms. The molecule has 1 fully saturated rings. The highest BCUT2D eigenvalue weighted by Crippen LogP contribution is 2.26. The average molecular weight is 411 g/mol. The van der Waals surface area contributed by atoms with Crippen LogP contribution in [0.3, 0.4) is 0 Å². The number of amides is 1. The van der Waals surface area contributed by atoms with E-state index in [1.807, 2.05) is 18.7 Å². The maximum atomic E-state index is 13.3. The second kappa shape index (κ2) is 8.26. The van der Waals surface area contributed by atoms with Gasteiger partial charge in [0.2, 0.25) is 11.8 Å². The first-order valence-corrected chi connectivity index (χ1v) is 9.39. The monoisotopic (exact) mass is 410 g/mol. The van der Waals surface area contributed by atoms with Crippen LogP contribution in [-0.2, 0) is 4.79 Å². The summed E-state index contributed by atoms with van der Waals surface area (Å²) in [6.45, 7) is 5.99. The molecule has 2 aromatic rings. The van der Waals surface area contributed by atoms with Crippen LogP contribution in [0.15, 0.2) is 30.6 Å². The van der Waals surface area contributed by atoms with Crippen molar-refractivity contribution >= 4 is 23.3 Å². The molecule has 3 rings (SSSR count). The Morgan fingerprint density at radius 1 is 1.14 bits per heavy atom. The van der Waals surface area contributed by atoms with E-state index >= 15 is 0 Å². The molecule has 0 unspecified atom stereocenters. The van der Waals surface area contributed by atoms with Crippen molar-refractivity contribution in [1.29, 1.82) is 0 Å². The summed E-state index contributed by atoms with van der Waals surface area (Å²) in [5, 5.41) is 0. The van der Waals surface area contributed by atoms with Gasteiger partial charge in [0.15, 0.2) is 11.6 Å². The van der Waals surface area contributed by atoms with Crippen LogP contribution in [0, 0.1) is 17.0 Å². The zero-order valence-corrected chi connectivity index (χ0v) is 16.4. The summed E-state index contributed by atoms with van der Waals surface area (Å²) in [5.41, 5.74) is -0.593. The van der Waals surface area contributed by atoms with Crippen LogP contribution >= 0.6 is 11.6 Å². The van der Waals surface area contributed by atoms with E-state index < -0.39 is 17.0 Å². The number of benzene rings is 1. The lowest BCUT2D eigenvalue weighted by Crippen LogP contribution is -2.52. The fourth-order valence-corrected chi connectivity index (χ4v) is 2.96. The Hall–Kier alpha value is -2.48. The van der Waals surface area contributed by atoms with Crippen LogP contribution in [0.1, 0.15) is 13.8 Å². The molecule has 2 heterocycles. The van der Waals surface area contributed by atoms with Gasteiger partial charge in [0.25, 0.3) is 0 Å². The first kappa shape index (κ1) is 20.3. The number of anilines is 1. The fourth-order valence-electron chi connectivity index (χ4n) is 2.84. The van der Waals surface area contributed by atoms with Crippen LogP contribution in [0.5, 0.6) is 11.6 Å². The van der Waals surface area contributed by atoms with Crippen LogP contribution < -0.4 is 9.64 Å². The van der Waals surface area contributed by atoms with Crippen LogP contribution in [-0.4, -0.2) is 52.8 Å². The number of aromatic nitrogens is 2. The Labute approximate surface area is 167 Å². The molecule has 0 atom stereocenters. The van der Waals surface area contributed by atoms with Gasteiger partial charge in [-0.25, -0.2) is 18.7 Å². The van der Waals surface area contributed by atoms with Gasteiger partial charge < -0.3 is 14.5 Å². The van der Waals surface area contributed by atoms with Crippen molar-refractivity contribution in [3.8, 4) is 11.6 Å². The molecule has 1 aromatic carbocycles. The summed E-state index contributed by atoms with van der Waals surface area (Å²) in [4.78, 5) is 24.6. The van der Waals surface area contributed by atoms with Crippen molar-refractivity contribution in [2.45, 2.75) is 13.8 Å². The SMILES string of the molecule is CC(C)(CCl)C(=O)N1CCN(c2cc(Oc3ccc(F)c(F)c3)ncn2)CC1. The molecule has 0 N–H and O–H groups in total. The van der Waals surface area contributed by atoms with E-state index in [2.05, 4.69) is 9.97 Å². The number of ether oxygens (including phenoxy) is 1. The number of rotatable bonds is 5. The third-order valence-corrected chi connectivity index (χ3v) is 5.21. The Kier molecular flexibility index (Phi) is 5.98. The van der Waals surface area contributed by atoms with E-state index in [0.29, 0.717) is 32.0 Å². The van der Waals surface area contributed by atoms with Crippen molar-refractivity contribution in [1.82, 2.24) is 14.9 Å². The van der Waals surface area contributed by atoms with Gasteiger partial charge >= 0.3 is 0 Å². The van der Waals surface area contributed by atoms with E-state index in [-0.39, 0.29) is 23.4 Å². The van der Waals surface area contributed by atoms with E-state index in [9.17, 15) is 13.6 Å². The third-order valence-electron chi connectivity index (χ3n) is 4.54. The number of piperazine rings is 1. The Bertz CT molecular complexity index is 858. The number of carbonyl (C=O) groups is 1. The van der Waals surface area contributed by atoms with Gasteiger partial charge in [-0.15, -0.1) is 11.6 Å². The van der Waals surface area contributed by atoms with E-state index in [4.69, 9.17) is 16.3 Å². The molecule has 0 bridgehead atoms. The normalized spacial score (nSPS) is 14.9. The van der Waals surface area contributed by atoms with Gasteiger partial charge in [-0.1, -0.05) is 0 Å². The highest BCUT2D eigenvalue weighted by atomic mass is 35.5. The second-order valence-electron chi connectivity index (χ2n) is 7.19. The maximum Gasteiger partial charge on any atom is 0.229 e. The van der Waals surface area contributed by atoms with Gasteiger partial charge in [-0.2, -0.15) is 0 Å². The minimum atomic E-state index is -0.993. The highest BCUT2D eigenvalue weighted by molar-refractivity contribution is 6.19. The molecule has 1 aliphatic rings. The lowest BCUT2D eigenvalue weighted by atomic mass is 9.94. The van der Waals surface area contributed by atoms with Crippen molar-refractivity contribution in [3.63, 3.8) is 0 Å². The van der Waals surface area contributed by atoms with Gasteiger partial charge in [-0.3, -0.25) is 4.79 Å². The van der Waals surface area contributed by atoms with Crippen LogP contribution in [0.25, 0.3) is 0 Å². The molecule has 0 radical (unpaired) electrons. The number of alkyl halides is 1. The second-order valence-corrected chi connectivity index (χ2v) is 7.46. The summed E-state index contributed by atoms with van der Waals surface area (Å²) in [5.74, 6) is -0.640. The Balaban J connectivity index is 1.65. The van der Waals surface area contributed by atoms with Crippen LogP contribution in [0.2, 0.25) is 0 Å². The number of hydrogen-bond acceptors (Lipinski definition) is 5. The minimum absolute atomic E-state index is 0.0344. The Morgan fingerprint density at radius 3 is 2.50 bits per heavy atom. The summed E-state index contributed by atoms with van der Waals surface area (Å²) >= 11 is 5.90. The molecule has 1 saturated heterocycles. The first-order valence-electron chi connectivity index (χ1n) is 8.85. The van der Waals surface area contributed by atoms with E-state index in [0.717, 1.165) is 12.1 Å². The summed E-state index contributed by atoms with van der Waals surface area (Å²) in [6.07, 6.45) is 1.35. The quantitative estimate of drug-likeness (QED) is 0.706. The standard InChI is InChI=1S/C19H21ClF2N4O2/c1-19(2,11-20)18(27)26-7-5-25(6-8-26)16-10-17(24-12-23-16)28-13-3-4-14(21)15(22)9-13/h3-4,9-10,12H,5-8,11H2,1-2H3. The zero-order valence-electron chi connectivity index (χ0n) is 15.7. The minimum Gasteiger partial charge on any atom is -0.439 e. The highest BCUT2D eigenvalue weighted by Gasteiger charge is 2.33. The zero-order chi connectivity index (χ0) is 20.3. The molecule has 0 spiro atoms. The first-order chi connectivity index (χ1) is 13.3. The van der Waals surface area contributed by atoms with Crippen molar-refractivity contribution in [3.05, 3.63) is 42.2 Å². The molecule has 6 nitrogen and oxygen atoms in total. The molecule has 28 heavy (non-hydrogen) atoms. The maximum absolute atomic E-state index is 13.3. The molecule has 1 amide bonds. The predicted octanol–water partition coefficient (Wildman–Crippen LogP) is 3.46. The Morgan fingerprint density at radius 2 is 1.86 bits per heavy atom. The molecule has 0 aliphatic carbocycles. The fraction of sp³-hybridized carbons (Fsp3) is 0.421. The molecule has 0 saturated carbocycles. The lowest BCUT2D eigenvalue weighted by molar-refractivity contribution is -0.139. The third kappa shape index (κ3) is 4.49. The predicted molar refractivity (Wildman–Crippen MR) is 102 cm³/mol. The van der Waals surface area contributed by atoms with Gasteiger partial charge in [0, 0.05) is 44.2 Å². The lowest BCUT2D eigenvalue weighted by Gasteiger charge is -2.38. The molecule has 1 aliphatic heterocycles. The van der Waals surface area contributed by atoms with Gasteiger partial charge in [-0.05, 0) is 26.0 Å². The summed E-state index contributed by atoms with van der Waals surface area (Å²) in [6, 6.07) is 4.90. The number of hydrogen-bond donors (Lipinski definition) is 0. The van der Waals surface area contributed by atoms with Crippen molar-refractivity contribution in [2.75, 3.05) is 37.0 Å². The molecule has 1 aromatic heterocycles. The van der Waals surface area contributed by atoms with Gasteiger partial charge in [0.1, 0.15) is 17.9 Å². The number of carbonyl (C=O) groups excluding carboxylic acids is 1. The van der Waals surface area contributed by atoms with Crippen molar-refractivity contribution < 1.29 is 18.3 Å². The van der Waals surface area contributed by atoms with E-state index in [1.54, 1.807) is 11.0 Å². The van der Waals surface area contributed by atoms with Crippen molar-refractivity contribution in [2.24, 2.45) is 5.41 Å². The molecular weight excluding hydrogens is 390 g/mol. The number of nitrogens with zero attached hydrogens (tertiary/aromatic N) is 4. The topological polar surface area (TPSA) is 58.6 Å². The largest absolute Gasteiger partial charge is 0.439 e. The summed E-state index contributed by atoms with van der Waals surface area (Å²) < 4.78 is 31.9.